The summed E-state index contributed by atoms with van der Waals surface area (Å²) in [6.07, 6.45) is 5.76. The Kier molecular flexibility index (Phi) is 4.39. The molecule has 0 saturated carbocycles. The normalized spacial score (nSPS) is 10.7. The molecule has 0 aromatic carbocycles. The molecule has 7 nitrogen and oxygen atoms in total. The lowest BCUT2D eigenvalue weighted by Crippen LogP contribution is -2.10. The molecule has 27 heavy (non-hydrogen) atoms. The molecule has 0 radical (unpaired) electrons. The second-order valence-corrected chi connectivity index (χ2v) is 6.66. The van der Waals surface area contributed by atoms with Gasteiger partial charge in [-0.05, 0) is 37.3 Å². The van der Waals surface area contributed by atoms with E-state index in [4.69, 9.17) is 8.83 Å². The number of carbonyl (C=O) groups is 2. The van der Waals surface area contributed by atoms with Crippen molar-refractivity contribution >= 4 is 28.2 Å². The van der Waals surface area contributed by atoms with Gasteiger partial charge in [0.05, 0.1) is 18.1 Å². The lowest BCUT2D eigenvalue weighted by molar-refractivity contribution is 0.102. The van der Waals surface area contributed by atoms with E-state index in [1.54, 1.807) is 30.3 Å². The summed E-state index contributed by atoms with van der Waals surface area (Å²) in [4.78, 5) is 34.1. The van der Waals surface area contributed by atoms with Crippen LogP contribution in [-0.2, 0) is 0 Å². The Bertz CT molecular complexity index is 1080. The van der Waals surface area contributed by atoms with Gasteiger partial charge in [-0.25, -0.2) is 4.98 Å². The number of nitrogens with zero attached hydrogens (tertiary/aromatic N) is 2. The van der Waals surface area contributed by atoms with Crippen molar-refractivity contribution in [2.75, 3.05) is 5.32 Å². The Morgan fingerprint density at radius 3 is 2.67 bits per heavy atom. The van der Waals surface area contributed by atoms with Crippen molar-refractivity contribution in [3.8, 4) is 11.5 Å². The average molecular weight is 379 g/mol. The van der Waals surface area contributed by atoms with E-state index < -0.39 is 0 Å². The van der Waals surface area contributed by atoms with Crippen molar-refractivity contribution in [2.24, 2.45) is 0 Å². The van der Waals surface area contributed by atoms with Crippen molar-refractivity contribution < 1.29 is 18.4 Å². The minimum atomic E-state index is -0.375. The quantitative estimate of drug-likeness (QED) is 0.522. The van der Waals surface area contributed by atoms with Crippen LogP contribution in [0, 0.1) is 6.92 Å². The number of anilines is 1. The van der Waals surface area contributed by atoms with Crippen LogP contribution in [0.15, 0.2) is 64.2 Å². The minimum Gasteiger partial charge on any atom is -0.472 e. The average Bonchev–Trinajstić information content (AvgIpc) is 3.42. The van der Waals surface area contributed by atoms with Gasteiger partial charge >= 0.3 is 0 Å². The molecular weight excluding hydrogens is 366 g/mol. The second-order valence-electron chi connectivity index (χ2n) is 5.66. The first-order chi connectivity index (χ1) is 13.1. The third-order valence-corrected chi connectivity index (χ3v) is 4.73. The fraction of sp³-hybridized carbons (Fsp3) is 0.0526. The van der Waals surface area contributed by atoms with Crippen LogP contribution in [0.5, 0.6) is 0 Å². The maximum atomic E-state index is 13.0. The van der Waals surface area contributed by atoms with Gasteiger partial charge in [0.2, 0.25) is 5.78 Å². The number of aryl methyl sites for hydroxylation is 1. The number of aromatic nitrogens is 2. The van der Waals surface area contributed by atoms with Crippen LogP contribution >= 0.6 is 11.3 Å². The Hall–Kier alpha value is -3.52. The van der Waals surface area contributed by atoms with Gasteiger partial charge in [0.1, 0.15) is 16.8 Å². The Balaban J connectivity index is 1.71. The van der Waals surface area contributed by atoms with Crippen LogP contribution in [0.1, 0.15) is 31.3 Å². The Morgan fingerprint density at radius 2 is 2.00 bits per heavy atom. The van der Waals surface area contributed by atoms with E-state index in [-0.39, 0.29) is 16.8 Å². The van der Waals surface area contributed by atoms with Crippen molar-refractivity contribution in [1.82, 2.24) is 9.97 Å². The highest BCUT2D eigenvalue weighted by molar-refractivity contribution is 7.18. The Morgan fingerprint density at radius 1 is 1.11 bits per heavy atom. The number of amides is 1. The smallest absolute Gasteiger partial charge is 0.260 e. The number of furan rings is 2. The van der Waals surface area contributed by atoms with Gasteiger partial charge in [-0.2, -0.15) is 0 Å². The molecule has 4 heterocycles. The summed E-state index contributed by atoms with van der Waals surface area (Å²) in [6, 6.07) is 8.43. The molecule has 0 fully saturated rings. The van der Waals surface area contributed by atoms with E-state index in [2.05, 4.69) is 15.3 Å². The molecule has 8 heteroatoms. The van der Waals surface area contributed by atoms with Gasteiger partial charge in [0, 0.05) is 17.5 Å². The van der Waals surface area contributed by atoms with E-state index >= 15 is 0 Å². The van der Waals surface area contributed by atoms with Crippen LogP contribution in [0.2, 0.25) is 0 Å². The monoisotopic (exact) mass is 379 g/mol. The molecule has 4 aromatic rings. The molecule has 134 valence electrons. The highest BCUT2D eigenvalue weighted by Gasteiger charge is 2.23. The van der Waals surface area contributed by atoms with Gasteiger partial charge in [-0.1, -0.05) is 11.3 Å². The van der Waals surface area contributed by atoms with Gasteiger partial charge < -0.3 is 8.83 Å². The number of pyridine rings is 1. The molecule has 0 saturated heterocycles. The van der Waals surface area contributed by atoms with Gasteiger partial charge in [-0.15, -0.1) is 0 Å². The first kappa shape index (κ1) is 16.9. The van der Waals surface area contributed by atoms with E-state index in [1.165, 1.54) is 25.0 Å². The molecule has 0 aliphatic rings. The first-order valence-electron chi connectivity index (χ1n) is 7.97. The van der Waals surface area contributed by atoms with Crippen molar-refractivity contribution in [2.45, 2.75) is 6.92 Å². The summed E-state index contributed by atoms with van der Waals surface area (Å²) in [5.74, 6) is -0.173. The number of nitrogens with one attached hydrogen (secondary N) is 1. The first-order valence-corrected chi connectivity index (χ1v) is 8.79. The number of hydrogen-bond acceptors (Lipinski definition) is 7. The maximum Gasteiger partial charge on any atom is 0.260 e. The lowest BCUT2D eigenvalue weighted by Gasteiger charge is -2.00. The van der Waals surface area contributed by atoms with Crippen LogP contribution in [0.25, 0.3) is 11.5 Å². The van der Waals surface area contributed by atoms with Crippen LogP contribution in [0.4, 0.5) is 5.13 Å². The van der Waals surface area contributed by atoms with E-state index in [0.29, 0.717) is 27.5 Å². The molecule has 4 aromatic heterocycles. The van der Waals surface area contributed by atoms with Crippen LogP contribution < -0.4 is 5.32 Å². The number of thiazole rings is 1. The van der Waals surface area contributed by atoms with E-state index in [0.717, 1.165) is 17.0 Å². The van der Waals surface area contributed by atoms with Crippen molar-refractivity contribution in [3.63, 3.8) is 0 Å². The molecule has 4 rings (SSSR count). The summed E-state index contributed by atoms with van der Waals surface area (Å²) in [5.41, 5.74) is 1.98. The largest absolute Gasteiger partial charge is 0.472 e. The molecule has 0 atom stereocenters. The SMILES string of the molecule is Cc1ccc(C(=O)c2sc(NC(=O)c3ccoc3)nc2-c2ccco2)cn1. The fourth-order valence-corrected chi connectivity index (χ4v) is 3.33. The lowest BCUT2D eigenvalue weighted by atomic mass is 10.1. The topological polar surface area (TPSA) is 98.2 Å². The highest BCUT2D eigenvalue weighted by atomic mass is 32.1. The fourth-order valence-electron chi connectivity index (χ4n) is 2.40. The molecule has 1 N–H and O–H groups in total. The third-order valence-electron chi connectivity index (χ3n) is 3.77. The molecule has 0 aliphatic carbocycles. The molecule has 0 spiro atoms. The highest BCUT2D eigenvalue weighted by Crippen LogP contribution is 2.33. The molecule has 0 aliphatic heterocycles. The van der Waals surface area contributed by atoms with Crippen LogP contribution in [-0.4, -0.2) is 21.7 Å². The zero-order chi connectivity index (χ0) is 18.8. The summed E-state index contributed by atoms with van der Waals surface area (Å²) in [7, 11) is 0. The number of rotatable bonds is 5. The van der Waals surface area contributed by atoms with E-state index in [1.807, 2.05) is 6.92 Å². The number of hydrogen-bond donors (Lipinski definition) is 1. The predicted molar refractivity (Wildman–Crippen MR) is 98.9 cm³/mol. The Labute approximate surface area is 157 Å². The summed E-state index contributed by atoms with van der Waals surface area (Å²) >= 11 is 1.08. The minimum absolute atomic E-state index is 0.241. The van der Waals surface area contributed by atoms with Gasteiger partial charge in [0.25, 0.3) is 5.91 Å². The summed E-state index contributed by atoms with van der Waals surface area (Å²) < 4.78 is 10.3. The maximum absolute atomic E-state index is 13.0. The number of ketones is 1. The second kappa shape index (κ2) is 7.00. The van der Waals surface area contributed by atoms with Gasteiger partial charge in [-0.3, -0.25) is 19.9 Å². The number of carbonyl (C=O) groups excluding carboxylic acids is 2. The standard InChI is InChI=1S/C19H13N3O4S/c1-11-4-5-12(9-20-11)16(23)17-15(14-3-2-7-26-14)21-19(27-17)22-18(24)13-6-8-25-10-13/h2-10H,1H3,(H,21,22,24). The third kappa shape index (κ3) is 3.42. The van der Waals surface area contributed by atoms with Crippen molar-refractivity contribution in [3.05, 3.63) is 77.0 Å². The zero-order valence-corrected chi connectivity index (χ0v) is 14.9. The molecular formula is C19H13N3O4S. The van der Waals surface area contributed by atoms with Crippen molar-refractivity contribution in [1.29, 1.82) is 0 Å². The van der Waals surface area contributed by atoms with Crippen LogP contribution in [0.3, 0.4) is 0 Å². The molecule has 1 amide bonds. The molecule has 0 bridgehead atoms. The summed E-state index contributed by atoms with van der Waals surface area (Å²) in [6.45, 7) is 1.85. The predicted octanol–water partition coefficient (Wildman–Crippen LogP) is 4.18. The zero-order valence-electron chi connectivity index (χ0n) is 14.1. The summed E-state index contributed by atoms with van der Waals surface area (Å²) in [5, 5.41) is 2.97. The van der Waals surface area contributed by atoms with E-state index in [9.17, 15) is 9.59 Å². The molecule has 0 unspecified atom stereocenters. The van der Waals surface area contributed by atoms with Gasteiger partial charge in [0.15, 0.2) is 10.9 Å².